The minimum absolute atomic E-state index is 0.0204. The number of thiazole rings is 1. The Morgan fingerprint density at radius 1 is 1.18 bits per heavy atom. The number of nitrogens with zero attached hydrogens (tertiary/aromatic N) is 4. The number of alkyl halides is 3. The molecule has 4 aromatic rings. The standard InChI is InChI=1S/C28H26ClF3N4O3S/c29-23-13-20(28(30,31)32)14-34-25(23)18-11-19-15-35(16-21-3-1-6-36(21)27-33-5-10-40-27)7-9-38-26(19)24(12-18)39-17-22-4-2-8-37-22/h1,3,5-6,10-14,22H,2,4,7-9,15-17H2. The van der Waals surface area contributed by atoms with Gasteiger partial charge in [-0.1, -0.05) is 11.6 Å². The van der Waals surface area contributed by atoms with Crippen LogP contribution >= 0.6 is 22.9 Å². The van der Waals surface area contributed by atoms with Crippen LogP contribution in [0.15, 0.2) is 54.3 Å². The molecular weight excluding hydrogens is 565 g/mol. The van der Waals surface area contributed by atoms with Crippen LogP contribution in [0.4, 0.5) is 13.2 Å². The molecule has 2 aliphatic rings. The Bertz CT molecular complexity index is 1470. The van der Waals surface area contributed by atoms with Crippen molar-refractivity contribution < 1.29 is 27.4 Å². The van der Waals surface area contributed by atoms with Gasteiger partial charge in [-0.15, -0.1) is 11.3 Å². The van der Waals surface area contributed by atoms with Crippen molar-refractivity contribution in [2.75, 3.05) is 26.4 Å². The molecule has 0 bridgehead atoms. The molecule has 40 heavy (non-hydrogen) atoms. The van der Waals surface area contributed by atoms with Crippen molar-refractivity contribution in [3.8, 4) is 27.9 Å². The smallest absolute Gasteiger partial charge is 0.417 e. The SMILES string of the molecule is FC(F)(F)c1cnc(-c2cc3c(c(OCC4CCCO4)c2)OCCN(Cc2cccn2-c2nccs2)C3)c(Cl)c1. The molecule has 6 rings (SSSR count). The third-order valence-corrected chi connectivity index (χ3v) is 7.97. The van der Waals surface area contributed by atoms with Gasteiger partial charge in [-0.3, -0.25) is 14.5 Å². The summed E-state index contributed by atoms with van der Waals surface area (Å²) >= 11 is 7.90. The van der Waals surface area contributed by atoms with Crippen molar-refractivity contribution >= 4 is 22.9 Å². The van der Waals surface area contributed by atoms with Crippen molar-refractivity contribution in [2.45, 2.75) is 38.2 Å². The first kappa shape index (κ1) is 27.1. The minimum Gasteiger partial charge on any atom is -0.488 e. The third kappa shape index (κ3) is 5.83. The van der Waals surface area contributed by atoms with Gasteiger partial charge in [-0.2, -0.15) is 13.2 Å². The molecule has 0 N–H and O–H groups in total. The molecule has 0 amide bonds. The average Bonchev–Trinajstić information content (AvgIpc) is 3.69. The second kappa shape index (κ2) is 11.4. The molecule has 1 aromatic carbocycles. The molecule has 0 saturated carbocycles. The molecule has 1 atom stereocenters. The Balaban J connectivity index is 1.33. The monoisotopic (exact) mass is 590 g/mol. The van der Waals surface area contributed by atoms with E-state index in [0.29, 0.717) is 56.5 Å². The molecule has 12 heteroatoms. The van der Waals surface area contributed by atoms with Crippen molar-refractivity contribution in [1.29, 1.82) is 0 Å². The van der Waals surface area contributed by atoms with Crippen LogP contribution in [0.1, 0.15) is 29.7 Å². The van der Waals surface area contributed by atoms with E-state index in [4.69, 9.17) is 25.8 Å². The van der Waals surface area contributed by atoms with E-state index >= 15 is 0 Å². The highest BCUT2D eigenvalue weighted by Crippen LogP contribution is 2.41. The van der Waals surface area contributed by atoms with Gasteiger partial charge in [0.25, 0.3) is 0 Å². The van der Waals surface area contributed by atoms with E-state index in [9.17, 15) is 13.2 Å². The van der Waals surface area contributed by atoms with Gasteiger partial charge >= 0.3 is 6.18 Å². The molecule has 5 heterocycles. The number of aromatic nitrogens is 3. The summed E-state index contributed by atoms with van der Waals surface area (Å²) < 4.78 is 59.9. The van der Waals surface area contributed by atoms with Gasteiger partial charge in [0.05, 0.1) is 22.4 Å². The lowest BCUT2D eigenvalue weighted by Crippen LogP contribution is -2.26. The molecule has 1 unspecified atom stereocenters. The van der Waals surface area contributed by atoms with Crippen molar-refractivity contribution in [3.05, 3.63) is 76.1 Å². The molecule has 7 nitrogen and oxygen atoms in total. The largest absolute Gasteiger partial charge is 0.488 e. The lowest BCUT2D eigenvalue weighted by Gasteiger charge is -2.21. The Labute approximate surface area is 238 Å². The maximum atomic E-state index is 13.2. The topological polar surface area (TPSA) is 61.6 Å². The molecule has 0 radical (unpaired) electrons. The van der Waals surface area contributed by atoms with Crippen LogP contribution in [-0.4, -0.2) is 51.9 Å². The van der Waals surface area contributed by atoms with Gasteiger partial charge < -0.3 is 14.2 Å². The fourth-order valence-electron chi connectivity index (χ4n) is 4.98. The fourth-order valence-corrected chi connectivity index (χ4v) is 5.91. The third-order valence-electron chi connectivity index (χ3n) is 6.91. The second-order valence-corrected chi connectivity index (χ2v) is 11.0. The Morgan fingerprint density at radius 3 is 2.83 bits per heavy atom. The van der Waals surface area contributed by atoms with Crippen LogP contribution in [-0.2, 0) is 24.0 Å². The predicted octanol–water partition coefficient (Wildman–Crippen LogP) is 6.62. The number of ether oxygens (including phenoxy) is 3. The zero-order valence-electron chi connectivity index (χ0n) is 21.4. The zero-order chi connectivity index (χ0) is 27.7. The average molecular weight is 591 g/mol. The summed E-state index contributed by atoms with van der Waals surface area (Å²) in [5, 5.41) is 2.74. The first-order valence-corrected chi connectivity index (χ1v) is 14.2. The lowest BCUT2D eigenvalue weighted by molar-refractivity contribution is -0.137. The van der Waals surface area contributed by atoms with E-state index in [-0.39, 0.29) is 16.8 Å². The van der Waals surface area contributed by atoms with E-state index in [1.807, 2.05) is 23.7 Å². The second-order valence-electron chi connectivity index (χ2n) is 9.70. The van der Waals surface area contributed by atoms with Gasteiger partial charge in [0.2, 0.25) is 0 Å². The molecule has 3 aromatic heterocycles. The van der Waals surface area contributed by atoms with Gasteiger partial charge in [0.1, 0.15) is 13.2 Å². The molecule has 1 fully saturated rings. The molecule has 2 aliphatic heterocycles. The summed E-state index contributed by atoms with van der Waals surface area (Å²) in [5.74, 6) is 1.11. The number of benzene rings is 1. The Hall–Kier alpha value is -3.12. The zero-order valence-corrected chi connectivity index (χ0v) is 22.9. The summed E-state index contributed by atoms with van der Waals surface area (Å²) in [5.41, 5.74) is 1.81. The normalized spacial score (nSPS) is 17.9. The molecule has 0 aliphatic carbocycles. The summed E-state index contributed by atoms with van der Waals surface area (Å²) in [6.07, 6.45) is 1.89. The Morgan fingerprint density at radius 2 is 2.08 bits per heavy atom. The van der Waals surface area contributed by atoms with E-state index in [1.165, 1.54) is 0 Å². The number of halogens is 4. The van der Waals surface area contributed by atoms with Crippen LogP contribution in [0.2, 0.25) is 5.02 Å². The molecule has 1 saturated heterocycles. The van der Waals surface area contributed by atoms with Crippen LogP contribution < -0.4 is 9.47 Å². The van der Waals surface area contributed by atoms with Gasteiger partial charge in [-0.05, 0) is 43.2 Å². The van der Waals surface area contributed by atoms with E-state index < -0.39 is 11.7 Å². The first-order valence-electron chi connectivity index (χ1n) is 12.9. The van der Waals surface area contributed by atoms with E-state index in [1.54, 1.807) is 23.6 Å². The molecule has 210 valence electrons. The first-order chi connectivity index (χ1) is 19.3. The summed E-state index contributed by atoms with van der Waals surface area (Å²) in [7, 11) is 0. The summed E-state index contributed by atoms with van der Waals surface area (Å²) in [6, 6.07) is 8.56. The number of pyridine rings is 1. The van der Waals surface area contributed by atoms with Crippen molar-refractivity contribution in [1.82, 2.24) is 19.4 Å². The van der Waals surface area contributed by atoms with Gasteiger partial charge in [0, 0.05) is 67.0 Å². The number of hydrogen-bond donors (Lipinski definition) is 0. The Kier molecular flexibility index (Phi) is 7.71. The lowest BCUT2D eigenvalue weighted by atomic mass is 10.0. The number of hydrogen-bond acceptors (Lipinski definition) is 7. The maximum absolute atomic E-state index is 13.2. The van der Waals surface area contributed by atoms with E-state index in [0.717, 1.165) is 41.5 Å². The van der Waals surface area contributed by atoms with Gasteiger partial charge in [0.15, 0.2) is 16.6 Å². The highest BCUT2D eigenvalue weighted by molar-refractivity contribution is 7.12. The van der Waals surface area contributed by atoms with Crippen LogP contribution in [0.25, 0.3) is 16.4 Å². The van der Waals surface area contributed by atoms with Crippen molar-refractivity contribution in [3.63, 3.8) is 0 Å². The quantitative estimate of drug-likeness (QED) is 0.241. The maximum Gasteiger partial charge on any atom is 0.417 e. The van der Waals surface area contributed by atoms with Gasteiger partial charge in [-0.25, -0.2) is 4.98 Å². The summed E-state index contributed by atoms with van der Waals surface area (Å²) in [4.78, 5) is 10.8. The number of fused-ring (bicyclic) bond motifs is 1. The van der Waals surface area contributed by atoms with Crippen LogP contribution in [0.3, 0.4) is 0 Å². The highest BCUT2D eigenvalue weighted by Gasteiger charge is 2.32. The van der Waals surface area contributed by atoms with Crippen LogP contribution in [0.5, 0.6) is 11.5 Å². The predicted molar refractivity (Wildman–Crippen MR) is 145 cm³/mol. The molecule has 0 spiro atoms. The fraction of sp³-hybridized carbons (Fsp3) is 0.357. The molecular formula is C28H26ClF3N4O3S. The van der Waals surface area contributed by atoms with E-state index in [2.05, 4.69) is 25.5 Å². The summed E-state index contributed by atoms with van der Waals surface area (Å²) in [6.45, 7) is 3.33. The minimum atomic E-state index is -4.54. The number of rotatable bonds is 7. The van der Waals surface area contributed by atoms with Crippen LogP contribution in [0, 0.1) is 0 Å². The highest BCUT2D eigenvalue weighted by atomic mass is 35.5. The van der Waals surface area contributed by atoms with Crippen molar-refractivity contribution in [2.24, 2.45) is 0 Å².